The van der Waals surface area contributed by atoms with Gasteiger partial charge in [0.15, 0.2) is 0 Å². The average molecular weight is 371 g/mol. The minimum atomic E-state index is -0.550. The molecule has 142 valence electrons. The highest BCUT2D eigenvalue weighted by Crippen LogP contribution is 2.17. The summed E-state index contributed by atoms with van der Waals surface area (Å²) >= 11 is 0. The number of anilines is 2. The molecule has 0 saturated carbocycles. The van der Waals surface area contributed by atoms with E-state index < -0.39 is 12.2 Å². The Balaban J connectivity index is 1.37. The number of hydrogen-bond acceptors (Lipinski definition) is 7. The smallest absolute Gasteiger partial charge is 0.244 e. The number of benzene rings is 1. The molecule has 27 heavy (non-hydrogen) atoms. The molecular formula is C18H22FN7O. The first-order valence-corrected chi connectivity index (χ1v) is 8.94. The molecule has 1 aromatic carbocycles. The number of amides is 1. The molecule has 1 aromatic heterocycles. The number of carbonyl (C=O) groups is 1. The van der Waals surface area contributed by atoms with Crippen LogP contribution < -0.4 is 26.6 Å². The van der Waals surface area contributed by atoms with E-state index in [0.717, 1.165) is 18.9 Å². The van der Waals surface area contributed by atoms with Gasteiger partial charge in [-0.2, -0.15) is 5.53 Å². The van der Waals surface area contributed by atoms with Crippen LogP contribution in [0.3, 0.4) is 0 Å². The summed E-state index contributed by atoms with van der Waals surface area (Å²) in [6.07, 6.45) is 1.30. The van der Waals surface area contributed by atoms with Gasteiger partial charge in [0, 0.05) is 32.4 Å². The summed E-state index contributed by atoms with van der Waals surface area (Å²) in [5.41, 5.74) is 8.96. The third-order valence-electron chi connectivity index (χ3n) is 4.80. The molecule has 0 aliphatic carbocycles. The lowest BCUT2D eigenvalue weighted by molar-refractivity contribution is -0.133. The number of carbonyl (C=O) groups excluding carboxylic acids is 1. The van der Waals surface area contributed by atoms with Crippen molar-refractivity contribution < 1.29 is 9.18 Å². The first-order chi connectivity index (χ1) is 13.2. The predicted octanol–water partition coefficient (Wildman–Crippen LogP) is 0.289. The Bertz CT molecular complexity index is 782. The van der Waals surface area contributed by atoms with Crippen molar-refractivity contribution in [1.29, 1.82) is 0 Å². The van der Waals surface area contributed by atoms with Gasteiger partial charge in [0.05, 0.1) is 5.69 Å². The van der Waals surface area contributed by atoms with Gasteiger partial charge in [-0.3, -0.25) is 4.79 Å². The third-order valence-corrected chi connectivity index (χ3v) is 4.80. The summed E-state index contributed by atoms with van der Waals surface area (Å²) < 4.78 is 13.9. The van der Waals surface area contributed by atoms with Crippen molar-refractivity contribution in [2.75, 3.05) is 36.4 Å². The van der Waals surface area contributed by atoms with Crippen LogP contribution in [0.15, 0.2) is 48.7 Å². The van der Waals surface area contributed by atoms with Crippen molar-refractivity contribution in [1.82, 2.24) is 26.3 Å². The highest BCUT2D eigenvalue weighted by atomic mass is 19.1. The number of nitrogens with one attached hydrogen (secondary N) is 4. The van der Waals surface area contributed by atoms with Crippen molar-refractivity contribution in [3.63, 3.8) is 0 Å². The zero-order valence-electron chi connectivity index (χ0n) is 14.7. The monoisotopic (exact) mass is 371 g/mol. The van der Waals surface area contributed by atoms with Gasteiger partial charge in [-0.15, -0.1) is 0 Å². The molecule has 3 heterocycles. The molecule has 2 aromatic rings. The number of hydrogen-bond donors (Lipinski definition) is 4. The molecule has 2 fully saturated rings. The fourth-order valence-corrected chi connectivity index (χ4v) is 3.33. The number of para-hydroxylation sites is 1. The Labute approximate surface area is 156 Å². The molecule has 2 unspecified atom stereocenters. The van der Waals surface area contributed by atoms with E-state index in [1.165, 1.54) is 6.07 Å². The molecule has 4 N–H and O–H groups in total. The van der Waals surface area contributed by atoms with Gasteiger partial charge in [-0.05, 0) is 24.3 Å². The van der Waals surface area contributed by atoms with Crippen LogP contribution in [-0.2, 0) is 4.79 Å². The van der Waals surface area contributed by atoms with Crippen LogP contribution in [0.25, 0.3) is 0 Å². The maximum Gasteiger partial charge on any atom is 0.244 e. The van der Waals surface area contributed by atoms with E-state index in [4.69, 9.17) is 0 Å². The Kier molecular flexibility index (Phi) is 5.14. The second-order valence-corrected chi connectivity index (χ2v) is 6.49. The van der Waals surface area contributed by atoms with Crippen LogP contribution in [0, 0.1) is 5.82 Å². The highest BCUT2D eigenvalue weighted by molar-refractivity contribution is 5.83. The van der Waals surface area contributed by atoms with E-state index in [1.807, 2.05) is 23.1 Å². The van der Waals surface area contributed by atoms with Crippen LogP contribution >= 0.6 is 0 Å². The van der Waals surface area contributed by atoms with Crippen LogP contribution in [0.2, 0.25) is 0 Å². The maximum absolute atomic E-state index is 13.9. The van der Waals surface area contributed by atoms with Gasteiger partial charge >= 0.3 is 0 Å². The van der Waals surface area contributed by atoms with Crippen molar-refractivity contribution in [2.45, 2.75) is 12.2 Å². The molecule has 2 aliphatic rings. The van der Waals surface area contributed by atoms with Gasteiger partial charge in [-0.25, -0.2) is 20.2 Å². The van der Waals surface area contributed by atoms with Crippen LogP contribution in [-0.4, -0.2) is 54.2 Å². The molecular weight excluding hydrogens is 349 g/mol. The van der Waals surface area contributed by atoms with Crippen molar-refractivity contribution in [3.8, 4) is 0 Å². The van der Waals surface area contributed by atoms with E-state index in [9.17, 15) is 9.18 Å². The summed E-state index contributed by atoms with van der Waals surface area (Å²) in [6.45, 7) is 2.67. The minimum absolute atomic E-state index is 0.0398. The van der Waals surface area contributed by atoms with Gasteiger partial charge in [0.1, 0.15) is 23.8 Å². The topological polar surface area (TPSA) is 84.6 Å². The number of aromatic nitrogens is 1. The third kappa shape index (κ3) is 3.85. The van der Waals surface area contributed by atoms with Gasteiger partial charge in [0.25, 0.3) is 0 Å². The fourth-order valence-electron chi connectivity index (χ4n) is 3.33. The predicted molar refractivity (Wildman–Crippen MR) is 100 cm³/mol. The van der Waals surface area contributed by atoms with Crippen molar-refractivity contribution in [2.24, 2.45) is 0 Å². The Morgan fingerprint density at radius 2 is 1.85 bits per heavy atom. The number of piperazine rings is 1. The van der Waals surface area contributed by atoms with E-state index in [-0.39, 0.29) is 11.7 Å². The lowest BCUT2D eigenvalue weighted by Crippen LogP contribution is -2.57. The molecule has 0 bridgehead atoms. The zero-order chi connectivity index (χ0) is 18.6. The molecule has 0 radical (unpaired) electrons. The molecule has 2 saturated heterocycles. The lowest BCUT2D eigenvalue weighted by Gasteiger charge is -2.37. The summed E-state index contributed by atoms with van der Waals surface area (Å²) in [5, 5.41) is 3.03. The largest absolute Gasteiger partial charge is 0.365 e. The van der Waals surface area contributed by atoms with E-state index in [1.54, 1.807) is 24.4 Å². The second-order valence-electron chi connectivity index (χ2n) is 6.49. The molecule has 9 heteroatoms. The van der Waals surface area contributed by atoms with Crippen LogP contribution in [0.5, 0.6) is 0 Å². The number of halogens is 1. The Hall–Kier alpha value is -2.75. The first-order valence-electron chi connectivity index (χ1n) is 8.94. The fraction of sp³-hybridized carbons (Fsp3) is 0.333. The lowest BCUT2D eigenvalue weighted by atomic mass is 10.1. The molecule has 1 amide bonds. The van der Waals surface area contributed by atoms with Crippen LogP contribution in [0.1, 0.15) is 0 Å². The number of rotatable bonds is 4. The van der Waals surface area contributed by atoms with E-state index in [2.05, 4.69) is 31.6 Å². The zero-order valence-corrected chi connectivity index (χ0v) is 14.7. The van der Waals surface area contributed by atoms with Crippen molar-refractivity contribution >= 4 is 17.4 Å². The number of pyridine rings is 1. The highest BCUT2D eigenvalue weighted by Gasteiger charge is 2.37. The number of hydrazine groups is 2. The second kappa shape index (κ2) is 7.87. The van der Waals surface area contributed by atoms with Gasteiger partial charge < -0.3 is 15.1 Å². The minimum Gasteiger partial charge on any atom is -0.365 e. The summed E-state index contributed by atoms with van der Waals surface area (Å²) in [7, 11) is 0. The number of nitrogens with zero attached hydrogens (tertiary/aromatic N) is 3. The first kappa shape index (κ1) is 17.7. The molecule has 2 atom stereocenters. The van der Waals surface area contributed by atoms with E-state index >= 15 is 0 Å². The van der Waals surface area contributed by atoms with Gasteiger partial charge in [-0.1, -0.05) is 18.2 Å². The van der Waals surface area contributed by atoms with Crippen LogP contribution in [0.4, 0.5) is 15.9 Å². The molecule has 4 rings (SSSR count). The summed E-state index contributed by atoms with van der Waals surface area (Å²) in [4.78, 5) is 21.3. The normalized spacial score (nSPS) is 22.7. The van der Waals surface area contributed by atoms with E-state index in [0.29, 0.717) is 18.8 Å². The quantitative estimate of drug-likeness (QED) is 0.615. The maximum atomic E-state index is 13.9. The Morgan fingerprint density at radius 1 is 1.07 bits per heavy atom. The van der Waals surface area contributed by atoms with Gasteiger partial charge in [0.2, 0.25) is 5.91 Å². The molecule has 2 aliphatic heterocycles. The molecule has 8 nitrogen and oxygen atoms in total. The standard InChI is InChI=1S/C18H22FN7O/c19-13-5-1-2-6-14(13)21-17-16(22-24-23-17)18(27)26-11-9-25(10-12-26)15-7-3-4-8-20-15/h1-8,16-17,21-24H,9-12H2. The SMILES string of the molecule is O=C(C1NNNC1Nc1ccccc1F)N1CCN(c2ccccn2)CC1. The Morgan fingerprint density at radius 3 is 2.59 bits per heavy atom. The molecule has 0 spiro atoms. The summed E-state index contributed by atoms with van der Waals surface area (Å²) in [5.74, 6) is 0.523. The van der Waals surface area contributed by atoms with Crippen molar-refractivity contribution in [3.05, 3.63) is 54.5 Å². The average Bonchev–Trinajstić information content (AvgIpc) is 3.18. The summed E-state index contributed by atoms with van der Waals surface area (Å²) in [6, 6.07) is 11.7.